The lowest BCUT2D eigenvalue weighted by Crippen LogP contribution is -2.22. The molecule has 0 saturated carbocycles. The summed E-state index contributed by atoms with van der Waals surface area (Å²) in [5, 5.41) is 0. The molecule has 0 spiro atoms. The van der Waals surface area contributed by atoms with Gasteiger partial charge in [-0.15, -0.1) is 0 Å². The van der Waals surface area contributed by atoms with Gasteiger partial charge in [0.05, 0.1) is 7.11 Å². The van der Waals surface area contributed by atoms with E-state index in [0.29, 0.717) is 22.6 Å². The van der Waals surface area contributed by atoms with E-state index in [0.717, 1.165) is 5.56 Å². The SMILES string of the molecule is COCOc1cc(OCOC)c(-c2ccccc2)c(C(C(C)=O)C(=O)OC)c1. The summed E-state index contributed by atoms with van der Waals surface area (Å²) in [6, 6.07) is 12.6. The largest absolute Gasteiger partial charge is 0.468 e. The van der Waals surface area contributed by atoms with E-state index in [9.17, 15) is 9.59 Å². The molecule has 0 heterocycles. The molecule has 2 aromatic rings. The van der Waals surface area contributed by atoms with Crippen molar-refractivity contribution >= 4 is 11.8 Å². The lowest BCUT2D eigenvalue weighted by atomic mass is 9.87. The quantitative estimate of drug-likeness (QED) is 0.351. The van der Waals surface area contributed by atoms with Crippen molar-refractivity contribution in [1.82, 2.24) is 0 Å². The van der Waals surface area contributed by atoms with Crippen LogP contribution >= 0.6 is 0 Å². The van der Waals surface area contributed by atoms with Gasteiger partial charge >= 0.3 is 5.97 Å². The summed E-state index contributed by atoms with van der Waals surface area (Å²) in [5.41, 5.74) is 1.79. The van der Waals surface area contributed by atoms with E-state index in [1.165, 1.54) is 28.3 Å². The Morgan fingerprint density at radius 3 is 2.14 bits per heavy atom. The van der Waals surface area contributed by atoms with E-state index in [2.05, 4.69) is 0 Å². The average molecular weight is 388 g/mol. The van der Waals surface area contributed by atoms with E-state index >= 15 is 0 Å². The number of hydrogen-bond acceptors (Lipinski definition) is 7. The molecule has 0 aromatic heterocycles. The number of carbonyl (C=O) groups excluding carboxylic acids is 2. The molecule has 0 aliphatic carbocycles. The van der Waals surface area contributed by atoms with E-state index in [1.54, 1.807) is 12.1 Å². The number of ether oxygens (including phenoxy) is 5. The number of methoxy groups -OCH3 is 3. The van der Waals surface area contributed by atoms with Crippen molar-refractivity contribution in [3.8, 4) is 22.6 Å². The Hall–Kier alpha value is -2.90. The minimum absolute atomic E-state index is 0.00317. The number of esters is 1. The molecule has 0 saturated heterocycles. The van der Waals surface area contributed by atoms with Crippen LogP contribution in [0, 0.1) is 0 Å². The van der Waals surface area contributed by atoms with Gasteiger partial charge in [0.1, 0.15) is 23.2 Å². The number of benzene rings is 2. The summed E-state index contributed by atoms with van der Waals surface area (Å²) in [6.45, 7) is 1.32. The fourth-order valence-corrected chi connectivity index (χ4v) is 2.83. The molecule has 0 aliphatic heterocycles. The molecule has 0 aliphatic rings. The van der Waals surface area contributed by atoms with Gasteiger partial charge in [-0.05, 0) is 24.1 Å². The van der Waals surface area contributed by atoms with Gasteiger partial charge in [-0.2, -0.15) is 0 Å². The summed E-state index contributed by atoms with van der Waals surface area (Å²) in [7, 11) is 4.24. The fraction of sp³-hybridized carbons (Fsp3) is 0.333. The van der Waals surface area contributed by atoms with Crippen LogP contribution in [-0.2, 0) is 23.8 Å². The van der Waals surface area contributed by atoms with Gasteiger partial charge in [-0.3, -0.25) is 9.59 Å². The first-order chi connectivity index (χ1) is 13.5. The van der Waals surface area contributed by atoms with E-state index in [4.69, 9.17) is 23.7 Å². The predicted molar refractivity (Wildman–Crippen MR) is 102 cm³/mol. The maximum Gasteiger partial charge on any atom is 0.320 e. The maximum absolute atomic E-state index is 12.4. The molecule has 1 atom stereocenters. The number of rotatable bonds is 10. The summed E-state index contributed by atoms with van der Waals surface area (Å²) >= 11 is 0. The first-order valence-corrected chi connectivity index (χ1v) is 8.58. The first-order valence-electron chi connectivity index (χ1n) is 8.58. The summed E-state index contributed by atoms with van der Waals surface area (Å²) in [4.78, 5) is 24.8. The van der Waals surface area contributed by atoms with Gasteiger partial charge in [-0.1, -0.05) is 30.3 Å². The second-order valence-electron chi connectivity index (χ2n) is 5.92. The number of ketones is 1. The van der Waals surface area contributed by atoms with Crippen LogP contribution in [0.5, 0.6) is 11.5 Å². The van der Waals surface area contributed by atoms with Gasteiger partial charge in [0, 0.05) is 25.8 Å². The van der Waals surface area contributed by atoms with Crippen LogP contribution in [0.25, 0.3) is 11.1 Å². The normalized spacial score (nSPS) is 11.6. The Bertz CT molecular complexity index is 802. The molecule has 2 rings (SSSR count). The van der Waals surface area contributed by atoms with Crippen molar-refractivity contribution < 1.29 is 33.3 Å². The van der Waals surface area contributed by atoms with E-state index in [1.807, 2.05) is 30.3 Å². The molecule has 2 aromatic carbocycles. The number of carbonyl (C=O) groups is 2. The smallest absolute Gasteiger partial charge is 0.320 e. The lowest BCUT2D eigenvalue weighted by molar-refractivity contribution is -0.145. The van der Waals surface area contributed by atoms with Gasteiger partial charge in [0.25, 0.3) is 0 Å². The molecule has 0 N–H and O–H groups in total. The predicted octanol–water partition coefficient (Wildman–Crippen LogP) is 3.16. The summed E-state index contributed by atoms with van der Waals surface area (Å²) in [5.74, 6) is -1.35. The van der Waals surface area contributed by atoms with Crippen LogP contribution in [0.4, 0.5) is 0 Å². The summed E-state index contributed by atoms with van der Waals surface area (Å²) < 4.78 is 26.1. The van der Waals surface area contributed by atoms with Gasteiger partial charge in [0.15, 0.2) is 13.6 Å². The zero-order chi connectivity index (χ0) is 20.5. The van der Waals surface area contributed by atoms with Crippen molar-refractivity contribution in [3.05, 3.63) is 48.0 Å². The van der Waals surface area contributed by atoms with Crippen molar-refractivity contribution in [2.75, 3.05) is 34.9 Å². The van der Waals surface area contributed by atoms with Crippen LogP contribution in [0.2, 0.25) is 0 Å². The van der Waals surface area contributed by atoms with E-state index in [-0.39, 0.29) is 19.4 Å². The minimum Gasteiger partial charge on any atom is -0.468 e. The van der Waals surface area contributed by atoms with Gasteiger partial charge < -0.3 is 23.7 Å². The van der Waals surface area contributed by atoms with E-state index < -0.39 is 11.9 Å². The fourth-order valence-electron chi connectivity index (χ4n) is 2.83. The Balaban J connectivity index is 2.75. The molecule has 0 fully saturated rings. The molecule has 0 bridgehead atoms. The second-order valence-corrected chi connectivity index (χ2v) is 5.92. The zero-order valence-corrected chi connectivity index (χ0v) is 16.4. The molecular weight excluding hydrogens is 364 g/mol. The highest BCUT2D eigenvalue weighted by Gasteiger charge is 2.31. The third-order valence-corrected chi connectivity index (χ3v) is 4.00. The van der Waals surface area contributed by atoms with Crippen LogP contribution in [0.3, 0.4) is 0 Å². The molecule has 0 amide bonds. The molecule has 1 unspecified atom stereocenters. The van der Waals surface area contributed by atoms with Gasteiger partial charge in [-0.25, -0.2) is 0 Å². The zero-order valence-electron chi connectivity index (χ0n) is 16.4. The third kappa shape index (κ3) is 5.09. The molecule has 0 radical (unpaired) electrons. The topological polar surface area (TPSA) is 80.3 Å². The number of hydrogen-bond donors (Lipinski definition) is 0. The first kappa shape index (κ1) is 21.4. The number of Topliss-reactive ketones (excluding diaryl/α,β-unsaturated/α-hetero) is 1. The van der Waals surface area contributed by atoms with Crippen LogP contribution in [-0.4, -0.2) is 46.7 Å². The van der Waals surface area contributed by atoms with Crippen molar-refractivity contribution in [2.45, 2.75) is 12.8 Å². The van der Waals surface area contributed by atoms with Crippen molar-refractivity contribution in [3.63, 3.8) is 0 Å². The van der Waals surface area contributed by atoms with Crippen LogP contribution in [0.15, 0.2) is 42.5 Å². The highest BCUT2D eigenvalue weighted by Crippen LogP contribution is 2.41. The highest BCUT2D eigenvalue weighted by atomic mass is 16.7. The molecule has 150 valence electrons. The van der Waals surface area contributed by atoms with Crippen molar-refractivity contribution in [1.29, 1.82) is 0 Å². The molecule has 7 heteroatoms. The summed E-state index contributed by atoms with van der Waals surface area (Å²) in [6.07, 6.45) is 0. The Morgan fingerprint density at radius 1 is 0.929 bits per heavy atom. The second kappa shape index (κ2) is 10.4. The maximum atomic E-state index is 12.4. The lowest BCUT2D eigenvalue weighted by Gasteiger charge is -2.21. The van der Waals surface area contributed by atoms with Gasteiger partial charge in [0.2, 0.25) is 0 Å². The Kier molecular flexibility index (Phi) is 7.98. The molecule has 28 heavy (non-hydrogen) atoms. The average Bonchev–Trinajstić information content (AvgIpc) is 2.70. The highest BCUT2D eigenvalue weighted by molar-refractivity contribution is 6.05. The van der Waals surface area contributed by atoms with Crippen LogP contribution in [0.1, 0.15) is 18.4 Å². The third-order valence-electron chi connectivity index (χ3n) is 4.00. The van der Waals surface area contributed by atoms with Crippen molar-refractivity contribution in [2.24, 2.45) is 0 Å². The molecular formula is C21H24O7. The molecule has 7 nitrogen and oxygen atoms in total. The monoisotopic (exact) mass is 388 g/mol. The minimum atomic E-state index is -1.13. The Morgan fingerprint density at radius 2 is 1.57 bits per heavy atom. The van der Waals surface area contributed by atoms with Crippen LogP contribution < -0.4 is 9.47 Å². The standard InChI is InChI=1S/C21H24O7/c1-14(22)19(21(23)26-4)17-10-16(27-12-24-2)11-18(28-13-25-3)20(17)15-8-6-5-7-9-15/h5-11,19H,12-13H2,1-4H3. The Labute approximate surface area is 164 Å².